The number of fused-ring (bicyclic) bond motifs is 2. The number of azide groups is 1. The Labute approximate surface area is 174 Å². The van der Waals surface area contributed by atoms with Gasteiger partial charge in [0.05, 0.1) is 59.5 Å². The van der Waals surface area contributed by atoms with Crippen molar-refractivity contribution in [2.75, 3.05) is 66.0 Å². The highest BCUT2D eigenvalue weighted by Gasteiger charge is 2.59. The van der Waals surface area contributed by atoms with Gasteiger partial charge in [0.1, 0.15) is 23.9 Å². The van der Waals surface area contributed by atoms with Crippen LogP contribution in [0.4, 0.5) is 0 Å². The van der Waals surface area contributed by atoms with E-state index < -0.39 is 30.1 Å². The first-order valence-electron chi connectivity index (χ1n) is 9.74. The third-order valence-corrected chi connectivity index (χ3v) is 4.60. The SMILES string of the molecule is CC(=O)N[C@H]1[C@H]2OC[C@](COCCOCCOCCOCCN=[N+]=[N-])(O2)[C@H](O)[C@@H]1O. The third-order valence-electron chi connectivity index (χ3n) is 4.60. The molecule has 0 radical (unpaired) electrons. The van der Waals surface area contributed by atoms with Crippen LogP contribution in [0.25, 0.3) is 10.4 Å². The van der Waals surface area contributed by atoms with Gasteiger partial charge in [0.2, 0.25) is 5.91 Å². The summed E-state index contributed by atoms with van der Waals surface area (Å²) in [6.45, 7) is 4.22. The van der Waals surface area contributed by atoms with Crippen molar-refractivity contribution in [3.8, 4) is 0 Å². The molecule has 2 fully saturated rings. The van der Waals surface area contributed by atoms with Crippen LogP contribution in [0.3, 0.4) is 0 Å². The van der Waals surface area contributed by atoms with Crippen molar-refractivity contribution in [2.24, 2.45) is 5.11 Å². The van der Waals surface area contributed by atoms with Gasteiger partial charge in [-0.15, -0.1) is 0 Å². The lowest BCUT2D eigenvalue weighted by atomic mass is 9.88. The average molecular weight is 434 g/mol. The molecular weight excluding hydrogens is 404 g/mol. The van der Waals surface area contributed by atoms with E-state index >= 15 is 0 Å². The van der Waals surface area contributed by atoms with Crippen molar-refractivity contribution in [1.82, 2.24) is 5.32 Å². The van der Waals surface area contributed by atoms with Crippen molar-refractivity contribution in [3.63, 3.8) is 0 Å². The van der Waals surface area contributed by atoms with Gasteiger partial charge < -0.3 is 44.0 Å². The lowest BCUT2D eigenvalue weighted by Crippen LogP contribution is -2.66. The maximum Gasteiger partial charge on any atom is 0.217 e. The minimum Gasteiger partial charge on any atom is -0.388 e. The zero-order valence-corrected chi connectivity index (χ0v) is 17.0. The van der Waals surface area contributed by atoms with E-state index in [1.165, 1.54) is 6.92 Å². The summed E-state index contributed by atoms with van der Waals surface area (Å²) in [5.74, 6) is -0.354. The van der Waals surface area contributed by atoms with E-state index in [0.29, 0.717) is 46.2 Å². The molecule has 0 spiro atoms. The van der Waals surface area contributed by atoms with Gasteiger partial charge in [-0.25, -0.2) is 0 Å². The highest BCUT2D eigenvalue weighted by atomic mass is 16.8. The van der Waals surface area contributed by atoms with Crippen LogP contribution in [0, 0.1) is 0 Å². The van der Waals surface area contributed by atoms with Crippen LogP contribution in [-0.2, 0) is 33.2 Å². The summed E-state index contributed by atoms with van der Waals surface area (Å²) >= 11 is 0. The number of rotatable bonds is 15. The number of hydrogen-bond donors (Lipinski definition) is 3. The Morgan fingerprint density at radius 1 is 1.13 bits per heavy atom. The van der Waals surface area contributed by atoms with Crippen molar-refractivity contribution < 1.29 is 43.4 Å². The highest BCUT2D eigenvalue weighted by Crippen LogP contribution is 2.37. The Hall–Kier alpha value is -1.54. The van der Waals surface area contributed by atoms with Crippen LogP contribution in [0.1, 0.15) is 6.92 Å². The maximum atomic E-state index is 11.3. The van der Waals surface area contributed by atoms with E-state index in [0.717, 1.165) is 0 Å². The highest BCUT2D eigenvalue weighted by molar-refractivity contribution is 5.73. The van der Waals surface area contributed by atoms with Crippen LogP contribution in [0.5, 0.6) is 0 Å². The molecule has 0 aromatic carbocycles. The molecule has 2 aliphatic heterocycles. The van der Waals surface area contributed by atoms with Crippen molar-refractivity contribution in [2.45, 2.75) is 37.1 Å². The Morgan fingerprint density at radius 3 is 2.33 bits per heavy atom. The molecule has 2 saturated heterocycles. The molecule has 0 unspecified atom stereocenters. The molecule has 30 heavy (non-hydrogen) atoms. The quantitative estimate of drug-likeness (QED) is 0.123. The first-order chi connectivity index (χ1) is 14.5. The normalized spacial score (nSPS) is 30.1. The molecule has 172 valence electrons. The summed E-state index contributed by atoms with van der Waals surface area (Å²) in [7, 11) is 0. The largest absolute Gasteiger partial charge is 0.388 e. The molecule has 0 saturated carbocycles. The van der Waals surface area contributed by atoms with Gasteiger partial charge in [-0.1, -0.05) is 5.11 Å². The van der Waals surface area contributed by atoms with Gasteiger partial charge in [0, 0.05) is 18.4 Å². The summed E-state index contributed by atoms with van der Waals surface area (Å²) in [6, 6.07) is -0.840. The second-order valence-corrected chi connectivity index (χ2v) is 6.87. The van der Waals surface area contributed by atoms with Crippen LogP contribution >= 0.6 is 0 Å². The van der Waals surface area contributed by atoms with Crippen molar-refractivity contribution in [1.29, 1.82) is 0 Å². The number of carbonyl (C=O) groups is 1. The molecule has 0 aromatic heterocycles. The Balaban J connectivity index is 1.51. The molecule has 0 aliphatic carbocycles. The molecular formula is C17H30N4O9. The molecule has 1 amide bonds. The summed E-state index contributed by atoms with van der Waals surface area (Å²) in [5, 5.41) is 26.6. The van der Waals surface area contributed by atoms with E-state index in [1.807, 2.05) is 0 Å². The van der Waals surface area contributed by atoms with Crippen LogP contribution in [-0.4, -0.2) is 112 Å². The number of amides is 1. The summed E-state index contributed by atoms with van der Waals surface area (Å²) in [5.41, 5.74) is 6.92. The minimum absolute atomic E-state index is 0.0154. The lowest BCUT2D eigenvalue weighted by Gasteiger charge is -2.42. The van der Waals surface area contributed by atoms with Gasteiger partial charge in [-0.05, 0) is 5.53 Å². The minimum atomic E-state index is -1.27. The molecule has 0 aromatic rings. The van der Waals surface area contributed by atoms with Crippen molar-refractivity contribution >= 4 is 5.91 Å². The summed E-state index contributed by atoms with van der Waals surface area (Å²) < 4.78 is 32.7. The number of nitrogens with zero attached hydrogens (tertiary/aromatic N) is 3. The van der Waals surface area contributed by atoms with E-state index in [9.17, 15) is 15.0 Å². The smallest absolute Gasteiger partial charge is 0.217 e. The molecule has 2 aliphatic rings. The number of hydrogen-bond acceptors (Lipinski definition) is 10. The first kappa shape index (κ1) is 24.7. The second kappa shape index (κ2) is 13.0. The molecule has 3 N–H and O–H groups in total. The monoisotopic (exact) mass is 434 g/mol. The van der Waals surface area contributed by atoms with Crippen LogP contribution < -0.4 is 5.32 Å². The molecule has 13 nitrogen and oxygen atoms in total. The molecule has 2 bridgehead atoms. The van der Waals surface area contributed by atoms with Gasteiger partial charge >= 0.3 is 0 Å². The predicted molar refractivity (Wildman–Crippen MR) is 100 cm³/mol. The van der Waals surface area contributed by atoms with Crippen molar-refractivity contribution in [3.05, 3.63) is 10.4 Å². The van der Waals surface area contributed by atoms with Crippen LogP contribution in [0.2, 0.25) is 0 Å². The maximum absolute atomic E-state index is 11.3. The van der Waals surface area contributed by atoms with E-state index in [1.54, 1.807) is 0 Å². The van der Waals surface area contributed by atoms with Gasteiger partial charge in [0.25, 0.3) is 0 Å². The first-order valence-corrected chi connectivity index (χ1v) is 9.74. The zero-order valence-electron chi connectivity index (χ0n) is 17.0. The van der Waals surface area contributed by atoms with E-state index in [-0.39, 0.29) is 25.7 Å². The molecule has 2 rings (SSSR count). The van der Waals surface area contributed by atoms with Gasteiger partial charge in [0.15, 0.2) is 6.29 Å². The Kier molecular flexibility index (Phi) is 10.7. The number of aliphatic hydroxyl groups is 2. The fourth-order valence-corrected chi connectivity index (χ4v) is 3.13. The number of aliphatic hydroxyl groups excluding tert-OH is 2. The predicted octanol–water partition coefficient (Wildman–Crippen LogP) is -1.29. The number of ether oxygens (including phenoxy) is 6. The Bertz CT molecular complexity index is 577. The van der Waals surface area contributed by atoms with Crippen LogP contribution in [0.15, 0.2) is 5.11 Å². The summed E-state index contributed by atoms with van der Waals surface area (Å²) in [4.78, 5) is 13.9. The topological polar surface area (TPSA) is 174 Å². The Morgan fingerprint density at radius 2 is 1.73 bits per heavy atom. The van der Waals surface area contributed by atoms with Gasteiger partial charge in [-0.3, -0.25) is 4.79 Å². The average Bonchev–Trinajstić information content (AvgIpc) is 3.12. The number of nitrogens with one attached hydrogen (secondary N) is 1. The van der Waals surface area contributed by atoms with E-state index in [2.05, 4.69) is 15.3 Å². The second-order valence-electron chi connectivity index (χ2n) is 6.87. The molecule has 5 atom stereocenters. The van der Waals surface area contributed by atoms with Gasteiger partial charge in [-0.2, -0.15) is 0 Å². The standard InChI is InChI=1S/C17H30N4O9/c1-12(22)20-13-14(23)15(24)17(11-29-16(13)30-17)10-28-9-8-27-7-6-26-5-4-25-3-2-19-21-18/h13-16,23-24H,2-11H2,1H3,(H,20,22)/t13-,14-,15-,16+,17+/m1/s1. The fourth-order valence-electron chi connectivity index (χ4n) is 3.13. The third kappa shape index (κ3) is 7.30. The molecule has 13 heteroatoms. The number of carbonyl (C=O) groups excluding carboxylic acids is 1. The zero-order chi connectivity index (χ0) is 21.8. The van der Waals surface area contributed by atoms with E-state index in [4.69, 9.17) is 34.0 Å². The molecule has 2 heterocycles. The fraction of sp³-hybridized carbons (Fsp3) is 0.941. The summed E-state index contributed by atoms with van der Waals surface area (Å²) in [6.07, 6.45) is -3.33. The lowest BCUT2D eigenvalue weighted by molar-refractivity contribution is -0.238.